The van der Waals surface area contributed by atoms with Crippen molar-refractivity contribution < 1.29 is 9.52 Å². The number of nitrogens with zero attached hydrogens (tertiary/aromatic N) is 2. The number of aromatic nitrogens is 1. The predicted molar refractivity (Wildman–Crippen MR) is 124 cm³/mol. The number of hydrogen-bond acceptors (Lipinski definition) is 6. The van der Waals surface area contributed by atoms with Crippen molar-refractivity contribution in [3.63, 3.8) is 0 Å². The zero-order chi connectivity index (χ0) is 21.4. The van der Waals surface area contributed by atoms with E-state index in [-0.39, 0.29) is 11.2 Å². The van der Waals surface area contributed by atoms with Crippen molar-refractivity contribution in [1.29, 1.82) is 0 Å². The summed E-state index contributed by atoms with van der Waals surface area (Å²) >= 11 is 1.49. The Hall–Kier alpha value is -2.70. The normalized spacial score (nSPS) is 11.8. The minimum absolute atomic E-state index is 0.0942. The molecule has 2 aromatic carbocycles. The molecule has 1 N–H and O–H groups in total. The molecule has 5 nitrogen and oxygen atoms in total. The fourth-order valence-electron chi connectivity index (χ4n) is 3.87. The quantitative estimate of drug-likeness (QED) is 0.445. The molecule has 0 aliphatic carbocycles. The highest BCUT2D eigenvalue weighted by atomic mass is 32.1. The maximum atomic E-state index is 13.6. The van der Waals surface area contributed by atoms with E-state index in [1.165, 1.54) is 11.3 Å². The van der Waals surface area contributed by atoms with Crippen LogP contribution in [0.15, 0.2) is 39.5 Å². The highest BCUT2D eigenvalue weighted by Crippen LogP contribution is 2.36. The van der Waals surface area contributed by atoms with Crippen molar-refractivity contribution in [3.05, 3.63) is 57.4 Å². The number of aromatic hydroxyl groups is 1. The average Bonchev–Trinajstić information content (AvgIpc) is 3.17. The van der Waals surface area contributed by atoms with Gasteiger partial charge in [0.05, 0.1) is 26.7 Å². The van der Waals surface area contributed by atoms with Crippen LogP contribution in [-0.4, -0.2) is 28.1 Å². The number of hydrogen-bond donors (Lipinski definition) is 1. The second-order valence-corrected chi connectivity index (χ2v) is 8.43. The minimum Gasteiger partial charge on any atom is -0.507 e. The lowest BCUT2D eigenvalue weighted by Crippen LogP contribution is -2.23. The van der Waals surface area contributed by atoms with Crippen LogP contribution in [0.3, 0.4) is 0 Å². The Balaban J connectivity index is 2.00. The summed E-state index contributed by atoms with van der Waals surface area (Å²) in [4.78, 5) is 20.5. The van der Waals surface area contributed by atoms with E-state index in [2.05, 4.69) is 23.7 Å². The third kappa shape index (κ3) is 3.40. The minimum atomic E-state index is -0.0942. The Bertz CT molecular complexity index is 1250. The Morgan fingerprint density at radius 3 is 2.57 bits per heavy atom. The molecule has 30 heavy (non-hydrogen) atoms. The molecule has 2 heterocycles. The van der Waals surface area contributed by atoms with Crippen molar-refractivity contribution >= 4 is 32.5 Å². The second kappa shape index (κ2) is 8.20. The van der Waals surface area contributed by atoms with Gasteiger partial charge in [-0.2, -0.15) is 0 Å². The van der Waals surface area contributed by atoms with Crippen LogP contribution in [0.1, 0.15) is 37.7 Å². The highest BCUT2D eigenvalue weighted by molar-refractivity contribution is 7.21. The van der Waals surface area contributed by atoms with Gasteiger partial charge in [-0.25, -0.2) is 4.98 Å². The molecule has 0 radical (unpaired) electrons. The summed E-state index contributed by atoms with van der Waals surface area (Å²) in [5.41, 5.74) is 3.20. The van der Waals surface area contributed by atoms with E-state index in [1.54, 1.807) is 13.0 Å². The molecule has 0 atom stereocenters. The average molecular weight is 423 g/mol. The number of aryl methyl sites for hydroxylation is 2. The van der Waals surface area contributed by atoms with Gasteiger partial charge >= 0.3 is 0 Å². The van der Waals surface area contributed by atoms with Crippen LogP contribution < -0.4 is 5.43 Å². The summed E-state index contributed by atoms with van der Waals surface area (Å²) < 4.78 is 7.24. The largest absolute Gasteiger partial charge is 0.507 e. The van der Waals surface area contributed by atoms with Crippen molar-refractivity contribution in [1.82, 2.24) is 9.88 Å². The number of phenolic OH excluding ortho intramolecular Hbond substituents is 1. The van der Waals surface area contributed by atoms with Gasteiger partial charge in [0.25, 0.3) is 0 Å². The summed E-state index contributed by atoms with van der Waals surface area (Å²) in [5.74, 6) is 0.753. The maximum Gasteiger partial charge on any atom is 0.203 e. The smallest absolute Gasteiger partial charge is 0.203 e. The zero-order valence-electron chi connectivity index (χ0n) is 17.8. The molecule has 0 unspecified atom stereocenters. The third-order valence-electron chi connectivity index (χ3n) is 5.67. The molecule has 0 amide bonds. The molecule has 0 bridgehead atoms. The van der Waals surface area contributed by atoms with Gasteiger partial charge in [-0.3, -0.25) is 9.69 Å². The Kier molecular flexibility index (Phi) is 5.62. The van der Waals surface area contributed by atoms with Crippen LogP contribution >= 0.6 is 11.3 Å². The SMILES string of the molecule is CCc1cc2c(=O)c(-c3nc4ccccc4s3)c(C)oc2c(CN(CC)CC)c1O. The number of benzene rings is 2. The molecule has 4 aromatic rings. The second-order valence-electron chi connectivity index (χ2n) is 7.40. The maximum absolute atomic E-state index is 13.6. The fraction of sp³-hybridized carbons (Fsp3) is 0.333. The first-order valence-electron chi connectivity index (χ1n) is 10.4. The third-order valence-corrected chi connectivity index (χ3v) is 6.72. The summed E-state index contributed by atoms with van der Waals surface area (Å²) in [6.45, 7) is 10.2. The highest BCUT2D eigenvalue weighted by Gasteiger charge is 2.22. The molecule has 0 aliphatic rings. The predicted octanol–water partition coefficient (Wildman–Crippen LogP) is 5.49. The molecule has 156 valence electrons. The van der Waals surface area contributed by atoms with Gasteiger partial charge in [-0.05, 0) is 50.2 Å². The van der Waals surface area contributed by atoms with Gasteiger partial charge in [0.2, 0.25) is 5.43 Å². The number of fused-ring (bicyclic) bond motifs is 2. The van der Waals surface area contributed by atoms with Crippen molar-refractivity contribution in [2.45, 2.75) is 40.7 Å². The Morgan fingerprint density at radius 1 is 1.17 bits per heavy atom. The molecule has 0 saturated carbocycles. The summed E-state index contributed by atoms with van der Waals surface area (Å²) in [6, 6.07) is 9.64. The van der Waals surface area contributed by atoms with Crippen LogP contribution in [0.2, 0.25) is 0 Å². The summed E-state index contributed by atoms with van der Waals surface area (Å²) in [5, 5.41) is 12.1. The Labute approximate surface area is 179 Å². The number of rotatable bonds is 6. The lowest BCUT2D eigenvalue weighted by Gasteiger charge is -2.21. The van der Waals surface area contributed by atoms with Crippen LogP contribution in [0, 0.1) is 6.92 Å². The van der Waals surface area contributed by atoms with Gasteiger partial charge < -0.3 is 9.52 Å². The van der Waals surface area contributed by atoms with Gasteiger partial charge in [0.15, 0.2) is 0 Å². The molecule has 0 saturated heterocycles. The van der Waals surface area contributed by atoms with Gasteiger partial charge in [0, 0.05) is 6.54 Å². The van der Waals surface area contributed by atoms with Crippen LogP contribution in [0.4, 0.5) is 0 Å². The lowest BCUT2D eigenvalue weighted by molar-refractivity contribution is 0.290. The summed E-state index contributed by atoms with van der Waals surface area (Å²) in [7, 11) is 0. The van der Waals surface area contributed by atoms with Crippen molar-refractivity contribution in [3.8, 4) is 16.3 Å². The Morgan fingerprint density at radius 2 is 1.90 bits per heavy atom. The standard InChI is InChI=1S/C24H26N2O3S/c1-5-15-12-16-22(28)20(24-25-18-10-8-9-11-19(18)30-24)14(4)29-23(16)17(21(15)27)13-26(6-2)7-3/h8-12,27H,5-7,13H2,1-4H3. The van der Waals surface area contributed by atoms with Gasteiger partial charge in [-0.15, -0.1) is 11.3 Å². The van der Waals surface area contributed by atoms with Crippen molar-refractivity contribution in [2.24, 2.45) is 0 Å². The van der Waals surface area contributed by atoms with E-state index in [0.717, 1.165) is 28.9 Å². The van der Waals surface area contributed by atoms with E-state index < -0.39 is 0 Å². The monoisotopic (exact) mass is 422 g/mol. The number of para-hydroxylation sites is 1. The van der Waals surface area contributed by atoms with Gasteiger partial charge in [0.1, 0.15) is 22.1 Å². The van der Waals surface area contributed by atoms with E-state index in [9.17, 15) is 9.90 Å². The fourth-order valence-corrected chi connectivity index (χ4v) is 4.93. The van der Waals surface area contributed by atoms with E-state index in [1.807, 2.05) is 31.2 Å². The molecule has 4 rings (SSSR count). The molecule has 0 fully saturated rings. The first-order chi connectivity index (χ1) is 14.5. The first-order valence-corrected chi connectivity index (χ1v) is 11.2. The summed E-state index contributed by atoms with van der Waals surface area (Å²) in [6.07, 6.45) is 0.636. The first kappa shape index (κ1) is 20.6. The van der Waals surface area contributed by atoms with E-state index in [4.69, 9.17) is 4.42 Å². The van der Waals surface area contributed by atoms with Crippen LogP contribution in [0.25, 0.3) is 31.8 Å². The van der Waals surface area contributed by atoms with E-state index >= 15 is 0 Å². The van der Waals surface area contributed by atoms with Crippen LogP contribution in [0.5, 0.6) is 5.75 Å². The zero-order valence-corrected chi connectivity index (χ0v) is 18.6. The topological polar surface area (TPSA) is 66.6 Å². The van der Waals surface area contributed by atoms with E-state index in [0.29, 0.717) is 45.8 Å². The molecular formula is C24H26N2O3S. The molecule has 6 heteroatoms. The van der Waals surface area contributed by atoms with Gasteiger partial charge in [-0.1, -0.05) is 32.9 Å². The molecule has 2 aromatic heterocycles. The number of phenols is 1. The molecule has 0 aliphatic heterocycles. The van der Waals surface area contributed by atoms with Crippen LogP contribution in [-0.2, 0) is 13.0 Å². The number of thiazole rings is 1. The van der Waals surface area contributed by atoms with Crippen molar-refractivity contribution in [2.75, 3.05) is 13.1 Å². The lowest BCUT2D eigenvalue weighted by atomic mass is 10.00. The molecule has 0 spiro atoms. The molecular weight excluding hydrogens is 396 g/mol.